The van der Waals surface area contributed by atoms with Gasteiger partial charge in [0, 0.05) is 5.38 Å². The highest BCUT2D eigenvalue weighted by molar-refractivity contribution is 6.20. The number of halogens is 1. The Morgan fingerprint density at radius 3 is 2.69 bits per heavy atom. The summed E-state index contributed by atoms with van der Waals surface area (Å²) in [4.78, 5) is 0. The summed E-state index contributed by atoms with van der Waals surface area (Å²) >= 11 is 6.04. The molecule has 78 valence electrons. The third kappa shape index (κ3) is 4.87. The van der Waals surface area contributed by atoms with Crippen LogP contribution in [0.25, 0.3) is 0 Å². The SMILES string of the molecule is CC(C)CCNCC1CCC(Cl)C1. The fourth-order valence-corrected chi connectivity index (χ4v) is 2.27. The van der Waals surface area contributed by atoms with E-state index in [4.69, 9.17) is 11.6 Å². The normalized spacial score (nSPS) is 28.6. The molecule has 0 saturated heterocycles. The lowest BCUT2D eigenvalue weighted by atomic mass is 10.1. The molecule has 0 heterocycles. The molecule has 0 aromatic heterocycles. The molecule has 0 aromatic rings. The zero-order valence-electron chi connectivity index (χ0n) is 8.85. The summed E-state index contributed by atoms with van der Waals surface area (Å²) in [6.07, 6.45) is 5.05. The maximum atomic E-state index is 6.04. The third-order valence-electron chi connectivity index (χ3n) is 2.81. The minimum Gasteiger partial charge on any atom is -0.316 e. The van der Waals surface area contributed by atoms with Gasteiger partial charge in [-0.3, -0.25) is 0 Å². The van der Waals surface area contributed by atoms with Gasteiger partial charge in [-0.25, -0.2) is 0 Å². The van der Waals surface area contributed by atoms with Crippen molar-refractivity contribution in [3.05, 3.63) is 0 Å². The van der Waals surface area contributed by atoms with Gasteiger partial charge in [-0.15, -0.1) is 11.6 Å². The van der Waals surface area contributed by atoms with Crippen LogP contribution in [0, 0.1) is 11.8 Å². The van der Waals surface area contributed by atoms with E-state index in [-0.39, 0.29) is 0 Å². The Labute approximate surface area is 87.2 Å². The molecule has 0 aromatic carbocycles. The van der Waals surface area contributed by atoms with Gasteiger partial charge in [-0.1, -0.05) is 13.8 Å². The van der Waals surface area contributed by atoms with Gasteiger partial charge >= 0.3 is 0 Å². The van der Waals surface area contributed by atoms with E-state index in [9.17, 15) is 0 Å². The summed E-state index contributed by atoms with van der Waals surface area (Å²) in [6.45, 7) is 6.88. The van der Waals surface area contributed by atoms with Crippen molar-refractivity contribution in [3.8, 4) is 0 Å². The lowest BCUT2D eigenvalue weighted by Gasteiger charge is -2.11. The van der Waals surface area contributed by atoms with Gasteiger partial charge in [0.05, 0.1) is 0 Å². The molecule has 0 radical (unpaired) electrons. The molecule has 1 aliphatic rings. The van der Waals surface area contributed by atoms with Crippen molar-refractivity contribution in [2.45, 2.75) is 44.9 Å². The Kier molecular flexibility index (Phi) is 5.12. The second kappa shape index (κ2) is 5.87. The molecule has 0 bridgehead atoms. The summed E-state index contributed by atoms with van der Waals surface area (Å²) in [7, 11) is 0. The first-order chi connectivity index (χ1) is 6.18. The largest absolute Gasteiger partial charge is 0.316 e. The molecule has 2 heteroatoms. The lowest BCUT2D eigenvalue weighted by molar-refractivity contribution is 0.463. The monoisotopic (exact) mass is 203 g/mol. The molecular weight excluding hydrogens is 182 g/mol. The quantitative estimate of drug-likeness (QED) is 0.535. The lowest BCUT2D eigenvalue weighted by Crippen LogP contribution is -2.23. The molecule has 13 heavy (non-hydrogen) atoms. The number of alkyl halides is 1. The molecule has 1 fully saturated rings. The van der Waals surface area contributed by atoms with Gasteiger partial charge in [-0.05, 0) is 50.6 Å². The van der Waals surface area contributed by atoms with Crippen molar-refractivity contribution < 1.29 is 0 Å². The first-order valence-corrected chi connectivity index (χ1v) is 5.97. The summed E-state index contributed by atoms with van der Waals surface area (Å²) < 4.78 is 0. The number of nitrogens with one attached hydrogen (secondary N) is 1. The highest BCUT2D eigenvalue weighted by Gasteiger charge is 2.21. The van der Waals surface area contributed by atoms with E-state index in [1.54, 1.807) is 0 Å². The average Bonchev–Trinajstić information content (AvgIpc) is 2.45. The Morgan fingerprint density at radius 2 is 2.15 bits per heavy atom. The Hall–Kier alpha value is 0.250. The second-order valence-corrected chi connectivity index (χ2v) is 5.28. The highest BCUT2D eigenvalue weighted by atomic mass is 35.5. The van der Waals surface area contributed by atoms with E-state index in [1.165, 1.54) is 38.8 Å². The van der Waals surface area contributed by atoms with Crippen LogP contribution >= 0.6 is 11.6 Å². The predicted octanol–water partition coefficient (Wildman–Crippen LogP) is 3.03. The van der Waals surface area contributed by atoms with E-state index in [0.29, 0.717) is 5.38 Å². The van der Waals surface area contributed by atoms with Crippen LogP contribution in [0.5, 0.6) is 0 Å². The average molecular weight is 204 g/mol. The fourth-order valence-electron chi connectivity index (χ4n) is 1.90. The molecule has 1 rings (SSSR count). The van der Waals surface area contributed by atoms with Crippen molar-refractivity contribution in [1.29, 1.82) is 0 Å². The first kappa shape index (κ1) is 11.3. The summed E-state index contributed by atoms with van der Waals surface area (Å²) in [5.74, 6) is 1.66. The van der Waals surface area contributed by atoms with Crippen LogP contribution in [0.3, 0.4) is 0 Å². The van der Waals surface area contributed by atoms with E-state index >= 15 is 0 Å². The molecule has 0 amide bonds. The Bertz CT molecular complexity index is 136. The van der Waals surface area contributed by atoms with Crippen LogP contribution in [0.15, 0.2) is 0 Å². The minimum atomic E-state index is 0.455. The molecule has 0 spiro atoms. The van der Waals surface area contributed by atoms with E-state index in [0.717, 1.165) is 11.8 Å². The molecule has 0 aliphatic heterocycles. The van der Waals surface area contributed by atoms with Crippen molar-refractivity contribution in [1.82, 2.24) is 5.32 Å². The van der Waals surface area contributed by atoms with Gasteiger partial charge in [-0.2, -0.15) is 0 Å². The zero-order valence-corrected chi connectivity index (χ0v) is 9.61. The van der Waals surface area contributed by atoms with Crippen molar-refractivity contribution in [2.75, 3.05) is 13.1 Å². The fraction of sp³-hybridized carbons (Fsp3) is 1.00. The van der Waals surface area contributed by atoms with E-state index < -0.39 is 0 Å². The molecular formula is C11H22ClN. The first-order valence-electron chi connectivity index (χ1n) is 5.53. The van der Waals surface area contributed by atoms with Gasteiger partial charge in [0.25, 0.3) is 0 Å². The molecule has 1 nitrogen and oxygen atoms in total. The maximum absolute atomic E-state index is 6.04. The summed E-state index contributed by atoms with van der Waals surface area (Å²) in [6, 6.07) is 0. The van der Waals surface area contributed by atoms with Crippen LogP contribution in [0.1, 0.15) is 39.5 Å². The topological polar surface area (TPSA) is 12.0 Å². The van der Waals surface area contributed by atoms with Gasteiger partial charge in [0.2, 0.25) is 0 Å². The zero-order chi connectivity index (χ0) is 9.68. The molecule has 1 N–H and O–H groups in total. The number of rotatable bonds is 5. The third-order valence-corrected chi connectivity index (χ3v) is 3.21. The van der Waals surface area contributed by atoms with Crippen molar-refractivity contribution >= 4 is 11.6 Å². The van der Waals surface area contributed by atoms with Crippen LogP contribution in [0.4, 0.5) is 0 Å². The van der Waals surface area contributed by atoms with Crippen LogP contribution in [0.2, 0.25) is 0 Å². The number of hydrogen-bond acceptors (Lipinski definition) is 1. The van der Waals surface area contributed by atoms with Crippen LogP contribution in [-0.2, 0) is 0 Å². The highest BCUT2D eigenvalue weighted by Crippen LogP contribution is 2.28. The van der Waals surface area contributed by atoms with E-state index in [2.05, 4.69) is 19.2 Å². The standard InChI is InChI=1S/C11H22ClN/c1-9(2)5-6-13-8-10-3-4-11(12)7-10/h9-11,13H,3-8H2,1-2H3. The van der Waals surface area contributed by atoms with E-state index in [1.807, 2.05) is 0 Å². The smallest absolute Gasteiger partial charge is 0.0339 e. The second-order valence-electron chi connectivity index (χ2n) is 4.66. The van der Waals surface area contributed by atoms with Crippen molar-refractivity contribution in [2.24, 2.45) is 11.8 Å². The van der Waals surface area contributed by atoms with Crippen LogP contribution < -0.4 is 5.32 Å². The Morgan fingerprint density at radius 1 is 1.38 bits per heavy atom. The van der Waals surface area contributed by atoms with Gasteiger partial charge in [0.1, 0.15) is 0 Å². The predicted molar refractivity (Wildman–Crippen MR) is 59.3 cm³/mol. The minimum absolute atomic E-state index is 0.455. The van der Waals surface area contributed by atoms with Crippen LogP contribution in [-0.4, -0.2) is 18.5 Å². The summed E-state index contributed by atoms with van der Waals surface area (Å²) in [5.41, 5.74) is 0. The maximum Gasteiger partial charge on any atom is 0.0339 e. The number of hydrogen-bond donors (Lipinski definition) is 1. The van der Waals surface area contributed by atoms with Gasteiger partial charge < -0.3 is 5.32 Å². The molecule has 1 aliphatic carbocycles. The van der Waals surface area contributed by atoms with Gasteiger partial charge in [0.15, 0.2) is 0 Å². The molecule has 1 saturated carbocycles. The Balaban J connectivity index is 1.94. The van der Waals surface area contributed by atoms with Crippen molar-refractivity contribution in [3.63, 3.8) is 0 Å². The molecule has 2 atom stereocenters. The summed E-state index contributed by atoms with van der Waals surface area (Å²) in [5, 5.41) is 3.98. The molecule has 2 unspecified atom stereocenters.